The first kappa shape index (κ1) is 16.8. The zero-order valence-electron chi connectivity index (χ0n) is 12.9. The molecule has 0 N–H and O–H groups in total. The van der Waals surface area contributed by atoms with Gasteiger partial charge in [0.2, 0.25) is 0 Å². The Balaban J connectivity index is 2.13. The molecule has 1 aliphatic heterocycles. The van der Waals surface area contributed by atoms with Crippen molar-refractivity contribution in [1.29, 1.82) is 0 Å². The van der Waals surface area contributed by atoms with Crippen molar-refractivity contribution in [2.75, 3.05) is 27.2 Å². The highest BCUT2D eigenvalue weighted by Crippen LogP contribution is 2.26. The SMILES string of the molecule is CC1CN(C(C)C(=O)c2ccc(Cl)cc2Cl)CC1N(C)C. The average molecular weight is 329 g/mol. The highest BCUT2D eigenvalue weighted by Gasteiger charge is 2.36. The molecule has 1 aromatic rings. The summed E-state index contributed by atoms with van der Waals surface area (Å²) in [6.07, 6.45) is 0. The van der Waals surface area contributed by atoms with Crippen LogP contribution in [0.2, 0.25) is 10.0 Å². The summed E-state index contributed by atoms with van der Waals surface area (Å²) in [5.41, 5.74) is 0.550. The highest BCUT2D eigenvalue weighted by molar-refractivity contribution is 6.37. The van der Waals surface area contributed by atoms with Gasteiger partial charge in [0.15, 0.2) is 5.78 Å². The number of carbonyl (C=O) groups excluding carboxylic acids is 1. The molecule has 1 aliphatic rings. The lowest BCUT2D eigenvalue weighted by molar-refractivity contribution is 0.0858. The zero-order valence-corrected chi connectivity index (χ0v) is 14.4. The van der Waals surface area contributed by atoms with Gasteiger partial charge >= 0.3 is 0 Å². The van der Waals surface area contributed by atoms with Crippen LogP contribution < -0.4 is 0 Å². The minimum atomic E-state index is -0.170. The van der Waals surface area contributed by atoms with E-state index < -0.39 is 0 Å². The molecule has 3 nitrogen and oxygen atoms in total. The van der Waals surface area contributed by atoms with Crippen LogP contribution in [0, 0.1) is 5.92 Å². The Morgan fingerprint density at radius 2 is 2.00 bits per heavy atom. The molecule has 3 unspecified atom stereocenters. The zero-order chi connectivity index (χ0) is 15.7. The van der Waals surface area contributed by atoms with Crippen molar-refractivity contribution >= 4 is 29.0 Å². The minimum Gasteiger partial charge on any atom is -0.305 e. The van der Waals surface area contributed by atoms with E-state index in [9.17, 15) is 4.79 Å². The molecule has 21 heavy (non-hydrogen) atoms. The molecule has 2 rings (SSSR count). The number of likely N-dealkylation sites (tertiary alicyclic amines) is 1. The smallest absolute Gasteiger partial charge is 0.181 e. The largest absolute Gasteiger partial charge is 0.305 e. The van der Waals surface area contributed by atoms with E-state index in [0.717, 1.165) is 13.1 Å². The summed E-state index contributed by atoms with van der Waals surface area (Å²) in [5, 5.41) is 0.974. The number of hydrogen-bond donors (Lipinski definition) is 0. The van der Waals surface area contributed by atoms with Gasteiger partial charge < -0.3 is 4.90 Å². The first-order valence-corrected chi connectivity index (χ1v) is 7.96. The third kappa shape index (κ3) is 3.59. The summed E-state index contributed by atoms with van der Waals surface area (Å²) in [7, 11) is 4.18. The van der Waals surface area contributed by atoms with Crippen LogP contribution >= 0.6 is 23.2 Å². The van der Waals surface area contributed by atoms with Crippen LogP contribution in [0.25, 0.3) is 0 Å². The lowest BCUT2D eigenvalue weighted by atomic mass is 10.0. The number of carbonyl (C=O) groups is 1. The molecule has 0 saturated carbocycles. The van der Waals surface area contributed by atoms with Gasteiger partial charge in [0.05, 0.1) is 11.1 Å². The van der Waals surface area contributed by atoms with Crippen molar-refractivity contribution in [2.24, 2.45) is 5.92 Å². The molecule has 1 fully saturated rings. The minimum absolute atomic E-state index is 0.0586. The van der Waals surface area contributed by atoms with Crippen LogP contribution in [0.5, 0.6) is 0 Å². The molecular formula is C16H22Cl2N2O. The van der Waals surface area contributed by atoms with E-state index in [1.807, 2.05) is 6.92 Å². The number of likely N-dealkylation sites (N-methyl/N-ethyl adjacent to an activating group) is 1. The highest BCUT2D eigenvalue weighted by atomic mass is 35.5. The molecule has 0 spiro atoms. The Labute approximate surface area is 136 Å². The van der Waals surface area contributed by atoms with Gasteiger partial charge in [0.1, 0.15) is 0 Å². The number of Topliss-reactive ketones (excluding diaryl/α,β-unsaturated/α-hetero) is 1. The monoisotopic (exact) mass is 328 g/mol. The van der Waals surface area contributed by atoms with Crippen molar-refractivity contribution in [2.45, 2.75) is 25.9 Å². The number of benzene rings is 1. The Morgan fingerprint density at radius 3 is 2.52 bits per heavy atom. The van der Waals surface area contributed by atoms with E-state index >= 15 is 0 Å². The van der Waals surface area contributed by atoms with Crippen LogP contribution in [0.1, 0.15) is 24.2 Å². The topological polar surface area (TPSA) is 23.6 Å². The third-order valence-electron chi connectivity index (χ3n) is 4.39. The molecule has 0 radical (unpaired) electrons. The van der Waals surface area contributed by atoms with E-state index in [0.29, 0.717) is 27.6 Å². The Bertz CT molecular complexity index is 533. The Hall–Kier alpha value is -0.610. The quantitative estimate of drug-likeness (QED) is 0.791. The van der Waals surface area contributed by atoms with Crippen molar-refractivity contribution in [1.82, 2.24) is 9.80 Å². The number of rotatable bonds is 4. The van der Waals surface area contributed by atoms with E-state index in [1.54, 1.807) is 18.2 Å². The fourth-order valence-corrected chi connectivity index (χ4v) is 3.56. The van der Waals surface area contributed by atoms with Crippen LogP contribution in [-0.4, -0.2) is 54.9 Å². The molecule has 0 bridgehead atoms. The van der Waals surface area contributed by atoms with Crippen molar-refractivity contribution in [3.8, 4) is 0 Å². The van der Waals surface area contributed by atoms with E-state index in [2.05, 4.69) is 30.8 Å². The molecule has 1 saturated heterocycles. The fourth-order valence-electron chi connectivity index (χ4n) is 3.05. The van der Waals surface area contributed by atoms with E-state index in [-0.39, 0.29) is 11.8 Å². The molecule has 3 atom stereocenters. The molecule has 0 aliphatic carbocycles. The predicted octanol–water partition coefficient (Wildman–Crippen LogP) is 3.45. The van der Waals surface area contributed by atoms with Crippen LogP contribution in [0.15, 0.2) is 18.2 Å². The summed E-state index contributed by atoms with van der Waals surface area (Å²) >= 11 is 12.0. The first-order valence-electron chi connectivity index (χ1n) is 7.21. The van der Waals surface area contributed by atoms with Crippen molar-refractivity contribution in [3.05, 3.63) is 33.8 Å². The van der Waals surface area contributed by atoms with Crippen LogP contribution in [0.4, 0.5) is 0 Å². The number of nitrogens with zero attached hydrogens (tertiary/aromatic N) is 2. The number of hydrogen-bond acceptors (Lipinski definition) is 3. The van der Waals surface area contributed by atoms with Gasteiger partial charge in [0.25, 0.3) is 0 Å². The van der Waals surface area contributed by atoms with E-state index in [4.69, 9.17) is 23.2 Å². The predicted molar refractivity (Wildman–Crippen MR) is 88.5 cm³/mol. The summed E-state index contributed by atoms with van der Waals surface area (Å²) < 4.78 is 0. The van der Waals surface area contributed by atoms with Gasteiger partial charge in [-0.05, 0) is 45.1 Å². The molecule has 116 valence electrons. The summed E-state index contributed by atoms with van der Waals surface area (Å²) in [4.78, 5) is 17.1. The van der Waals surface area contributed by atoms with Gasteiger partial charge in [-0.15, -0.1) is 0 Å². The number of halogens is 2. The summed E-state index contributed by atoms with van der Waals surface area (Å²) in [6.45, 7) is 6.03. The second-order valence-corrected chi connectivity index (χ2v) is 6.97. The summed E-state index contributed by atoms with van der Waals surface area (Å²) in [5.74, 6) is 0.610. The average Bonchev–Trinajstić information content (AvgIpc) is 2.79. The van der Waals surface area contributed by atoms with Crippen LogP contribution in [-0.2, 0) is 0 Å². The lowest BCUT2D eigenvalue weighted by Gasteiger charge is -2.25. The van der Waals surface area contributed by atoms with Gasteiger partial charge in [-0.3, -0.25) is 9.69 Å². The van der Waals surface area contributed by atoms with Gasteiger partial charge in [-0.25, -0.2) is 0 Å². The normalized spacial score (nSPS) is 24.5. The molecular weight excluding hydrogens is 307 g/mol. The molecule has 1 aromatic carbocycles. The molecule has 0 amide bonds. The van der Waals surface area contributed by atoms with Crippen LogP contribution in [0.3, 0.4) is 0 Å². The van der Waals surface area contributed by atoms with Gasteiger partial charge in [0, 0.05) is 29.7 Å². The maximum atomic E-state index is 12.7. The van der Waals surface area contributed by atoms with Gasteiger partial charge in [-0.2, -0.15) is 0 Å². The van der Waals surface area contributed by atoms with Gasteiger partial charge in [-0.1, -0.05) is 30.1 Å². The molecule has 0 aromatic heterocycles. The Kier molecular flexibility index (Phi) is 5.31. The fraction of sp³-hybridized carbons (Fsp3) is 0.562. The molecule has 5 heteroatoms. The van der Waals surface area contributed by atoms with E-state index in [1.165, 1.54) is 0 Å². The summed E-state index contributed by atoms with van der Waals surface area (Å²) in [6, 6.07) is 5.37. The Morgan fingerprint density at radius 1 is 1.33 bits per heavy atom. The number of ketones is 1. The second kappa shape index (κ2) is 6.66. The lowest BCUT2D eigenvalue weighted by Crippen LogP contribution is -2.40. The maximum absolute atomic E-state index is 12.7. The maximum Gasteiger partial charge on any atom is 0.181 e. The second-order valence-electron chi connectivity index (χ2n) is 6.13. The van der Waals surface area contributed by atoms with Crippen molar-refractivity contribution < 1.29 is 4.79 Å². The standard InChI is InChI=1S/C16H22Cl2N2O/c1-10-8-20(9-15(10)19(3)4)11(2)16(21)13-6-5-12(17)7-14(13)18/h5-7,10-11,15H,8-9H2,1-4H3. The first-order chi connectivity index (χ1) is 9.81. The van der Waals surface area contributed by atoms with Crippen molar-refractivity contribution in [3.63, 3.8) is 0 Å². The molecule has 1 heterocycles. The third-order valence-corrected chi connectivity index (χ3v) is 4.94.